The van der Waals surface area contributed by atoms with Crippen molar-refractivity contribution >= 4 is 18.5 Å². The zero-order valence-corrected chi connectivity index (χ0v) is 20.0. The van der Waals surface area contributed by atoms with Crippen molar-refractivity contribution in [3.05, 3.63) is 36.5 Å². The van der Waals surface area contributed by atoms with Gasteiger partial charge in [0, 0.05) is 0 Å². The van der Waals surface area contributed by atoms with E-state index in [1.54, 1.807) is 0 Å². The Morgan fingerprint density at radius 1 is 0.545 bits per heavy atom. The maximum Gasteiger partial charge on any atom is 0.508 e. The van der Waals surface area contributed by atoms with Crippen molar-refractivity contribution in [1.82, 2.24) is 0 Å². The molecule has 0 unspecified atom stereocenters. The Hall–Kier alpha value is -2.97. The minimum absolute atomic E-state index is 0.129. The fourth-order valence-corrected chi connectivity index (χ4v) is 2.18. The summed E-state index contributed by atoms with van der Waals surface area (Å²) in [5, 5.41) is 0. The molecule has 0 amide bonds. The Bertz CT molecular complexity index is 575. The third-order valence-corrected chi connectivity index (χ3v) is 3.76. The van der Waals surface area contributed by atoms with Crippen molar-refractivity contribution in [2.24, 2.45) is 0 Å². The third kappa shape index (κ3) is 20.7. The third-order valence-electron chi connectivity index (χ3n) is 3.76. The van der Waals surface area contributed by atoms with E-state index in [9.17, 15) is 14.4 Å². The second-order valence-electron chi connectivity index (χ2n) is 6.66. The van der Waals surface area contributed by atoms with E-state index in [1.807, 2.05) is 57.2 Å². The molecule has 9 heteroatoms. The predicted molar refractivity (Wildman–Crippen MR) is 123 cm³/mol. The molecule has 0 saturated heterocycles. The summed E-state index contributed by atoms with van der Waals surface area (Å²) in [5.74, 6) is 0. The first-order valence-electron chi connectivity index (χ1n) is 11.4. The van der Waals surface area contributed by atoms with Gasteiger partial charge in [-0.1, -0.05) is 57.2 Å². The number of carbonyl (C=O) groups is 3. The summed E-state index contributed by atoms with van der Waals surface area (Å²) in [7, 11) is 0. The summed E-state index contributed by atoms with van der Waals surface area (Å²) >= 11 is 0. The monoisotopic (exact) mass is 470 g/mol. The first kappa shape index (κ1) is 30.0. The van der Waals surface area contributed by atoms with Gasteiger partial charge in [-0.05, 0) is 38.5 Å². The molecule has 0 bridgehead atoms. The molecule has 0 aliphatic heterocycles. The maximum atomic E-state index is 11.9. The van der Waals surface area contributed by atoms with E-state index in [1.165, 1.54) is 0 Å². The zero-order chi connectivity index (χ0) is 24.6. The first-order valence-corrected chi connectivity index (χ1v) is 11.4. The van der Waals surface area contributed by atoms with E-state index >= 15 is 0 Å². The van der Waals surface area contributed by atoms with Gasteiger partial charge in [-0.15, -0.1) is 0 Å². The Kier molecular flexibility index (Phi) is 20.2. The molecule has 9 nitrogen and oxygen atoms in total. The lowest BCUT2D eigenvalue weighted by Gasteiger charge is -2.17. The summed E-state index contributed by atoms with van der Waals surface area (Å²) in [5.41, 5.74) is 0. The molecule has 33 heavy (non-hydrogen) atoms. The van der Waals surface area contributed by atoms with Crippen LogP contribution in [0.3, 0.4) is 0 Å². The van der Waals surface area contributed by atoms with Crippen LogP contribution in [0.2, 0.25) is 0 Å². The van der Waals surface area contributed by atoms with Crippen LogP contribution in [0.4, 0.5) is 14.4 Å². The van der Waals surface area contributed by atoms with Gasteiger partial charge in [0.2, 0.25) is 0 Å². The van der Waals surface area contributed by atoms with E-state index in [-0.39, 0.29) is 33.0 Å². The number of hydrogen-bond donors (Lipinski definition) is 0. The predicted octanol–water partition coefficient (Wildman–Crippen LogP) is 5.88. The number of ether oxygens (including phenoxy) is 6. The van der Waals surface area contributed by atoms with E-state index < -0.39 is 24.6 Å². The second-order valence-corrected chi connectivity index (χ2v) is 6.66. The van der Waals surface area contributed by atoms with Crippen LogP contribution in [0.15, 0.2) is 36.5 Å². The molecular weight excluding hydrogens is 432 g/mol. The molecule has 0 spiro atoms. The van der Waals surface area contributed by atoms with E-state index in [4.69, 9.17) is 28.4 Å². The average Bonchev–Trinajstić information content (AvgIpc) is 2.80. The highest BCUT2D eigenvalue weighted by molar-refractivity contribution is 5.61. The van der Waals surface area contributed by atoms with Gasteiger partial charge in [0.05, 0.1) is 19.8 Å². The van der Waals surface area contributed by atoms with Gasteiger partial charge < -0.3 is 28.4 Å². The molecule has 0 atom stereocenters. The summed E-state index contributed by atoms with van der Waals surface area (Å²) in [6.07, 6.45) is 12.0. The summed E-state index contributed by atoms with van der Waals surface area (Å²) in [4.78, 5) is 35.3. The smallest absolute Gasteiger partial charge is 0.434 e. The number of hydrogen-bond acceptors (Lipinski definition) is 9. The van der Waals surface area contributed by atoms with Gasteiger partial charge in [-0.25, -0.2) is 14.4 Å². The van der Waals surface area contributed by atoms with Crippen LogP contribution in [-0.2, 0) is 28.4 Å². The van der Waals surface area contributed by atoms with Crippen molar-refractivity contribution < 1.29 is 42.8 Å². The SMILES string of the molecule is CC/C=C/CCOC(=O)OCC(COC(=O)OCC/C=C/CC)OC(=O)OCC/C=C/CC. The van der Waals surface area contributed by atoms with E-state index in [0.717, 1.165) is 19.3 Å². The lowest BCUT2D eigenvalue weighted by molar-refractivity contribution is -0.0448. The van der Waals surface area contributed by atoms with Crippen molar-refractivity contribution in [2.45, 2.75) is 65.4 Å². The summed E-state index contributed by atoms with van der Waals surface area (Å²) < 4.78 is 29.8. The highest BCUT2D eigenvalue weighted by atomic mass is 16.8. The molecule has 188 valence electrons. The maximum absolute atomic E-state index is 11.9. The van der Waals surface area contributed by atoms with Crippen LogP contribution in [0.25, 0.3) is 0 Å². The number of allylic oxidation sites excluding steroid dienone is 3. The molecule has 0 saturated carbocycles. The van der Waals surface area contributed by atoms with Crippen LogP contribution in [0, 0.1) is 0 Å². The van der Waals surface area contributed by atoms with Gasteiger partial charge in [0.1, 0.15) is 13.2 Å². The van der Waals surface area contributed by atoms with Crippen LogP contribution < -0.4 is 0 Å². The Balaban J connectivity index is 4.49. The molecule has 0 aliphatic rings. The molecule has 0 N–H and O–H groups in total. The van der Waals surface area contributed by atoms with Crippen molar-refractivity contribution in [3.8, 4) is 0 Å². The minimum Gasteiger partial charge on any atom is -0.434 e. The Morgan fingerprint density at radius 3 is 1.27 bits per heavy atom. The van der Waals surface area contributed by atoms with Crippen molar-refractivity contribution in [3.63, 3.8) is 0 Å². The van der Waals surface area contributed by atoms with Gasteiger partial charge >= 0.3 is 18.5 Å². The van der Waals surface area contributed by atoms with Crippen LogP contribution in [0.1, 0.15) is 59.3 Å². The second kappa shape index (κ2) is 22.2. The highest BCUT2D eigenvalue weighted by Gasteiger charge is 2.21. The molecule has 0 aliphatic carbocycles. The zero-order valence-electron chi connectivity index (χ0n) is 20.0. The molecule has 0 fully saturated rings. The molecular formula is C24H38O9. The van der Waals surface area contributed by atoms with Crippen molar-refractivity contribution in [1.29, 1.82) is 0 Å². The largest absolute Gasteiger partial charge is 0.508 e. The minimum atomic E-state index is -1.08. The fraction of sp³-hybridized carbons (Fsp3) is 0.625. The van der Waals surface area contributed by atoms with E-state index in [0.29, 0.717) is 19.3 Å². The standard InChI is InChI=1S/C24H38O9/c1-4-7-10-13-16-28-22(25)31-19-21(33-24(27)30-18-15-12-9-6-3)20-32-23(26)29-17-14-11-8-5-2/h7-12,21H,4-6,13-20H2,1-3H3/b10-7+,11-8+,12-9+. The van der Waals surface area contributed by atoms with Crippen LogP contribution in [-0.4, -0.2) is 57.6 Å². The van der Waals surface area contributed by atoms with Crippen LogP contribution >= 0.6 is 0 Å². The molecule has 0 rings (SSSR count). The molecule has 0 aromatic carbocycles. The molecule has 0 radical (unpaired) electrons. The van der Waals surface area contributed by atoms with Gasteiger partial charge in [-0.2, -0.15) is 0 Å². The fourth-order valence-electron chi connectivity index (χ4n) is 2.18. The molecule has 0 aromatic rings. The normalized spacial score (nSPS) is 11.3. The Labute approximate surface area is 196 Å². The summed E-state index contributed by atoms with van der Waals surface area (Å²) in [6, 6.07) is 0. The van der Waals surface area contributed by atoms with Gasteiger partial charge in [-0.3, -0.25) is 0 Å². The number of carbonyl (C=O) groups excluding carboxylic acids is 3. The molecule has 0 heterocycles. The summed E-state index contributed by atoms with van der Waals surface area (Å²) in [6.45, 7) is 5.69. The highest BCUT2D eigenvalue weighted by Crippen LogP contribution is 2.03. The Morgan fingerprint density at radius 2 is 0.909 bits per heavy atom. The lowest BCUT2D eigenvalue weighted by atomic mass is 10.3. The van der Waals surface area contributed by atoms with E-state index in [2.05, 4.69) is 0 Å². The lowest BCUT2D eigenvalue weighted by Crippen LogP contribution is -2.31. The average molecular weight is 471 g/mol. The van der Waals surface area contributed by atoms with Gasteiger partial charge in [0.25, 0.3) is 0 Å². The topological polar surface area (TPSA) is 107 Å². The first-order chi connectivity index (χ1) is 16.0. The van der Waals surface area contributed by atoms with Crippen LogP contribution in [0.5, 0.6) is 0 Å². The van der Waals surface area contributed by atoms with Crippen molar-refractivity contribution in [2.75, 3.05) is 33.0 Å². The quantitative estimate of drug-likeness (QED) is 0.111. The number of rotatable bonds is 17. The van der Waals surface area contributed by atoms with Gasteiger partial charge in [0.15, 0.2) is 6.10 Å². The molecule has 0 aromatic heterocycles.